The molecule has 0 spiro atoms. The number of aliphatic hydroxyl groups excluding tert-OH is 2. The second-order valence-electron chi connectivity index (χ2n) is 8.90. The van der Waals surface area contributed by atoms with Gasteiger partial charge in [-0.1, -0.05) is 33.4 Å². The Hall–Kier alpha value is -0.970. The smallest absolute Gasteiger partial charge is 0.190 e. The number of aliphatic hydroxyl groups is 3. The van der Waals surface area contributed by atoms with Crippen LogP contribution in [0.3, 0.4) is 0 Å². The number of ketones is 1. The van der Waals surface area contributed by atoms with Crippen LogP contribution in [-0.4, -0.2) is 38.9 Å². The zero-order valence-electron chi connectivity index (χ0n) is 15.1. The van der Waals surface area contributed by atoms with Gasteiger partial charge in [0.05, 0.1) is 18.1 Å². The number of carbonyl (C=O) groups is 1. The molecular formula is C20H30O4. The molecule has 0 unspecified atom stereocenters. The third-order valence-electron chi connectivity index (χ3n) is 6.99. The molecule has 24 heavy (non-hydrogen) atoms. The molecule has 2 fully saturated rings. The molecule has 0 saturated heterocycles. The van der Waals surface area contributed by atoms with E-state index in [4.69, 9.17) is 0 Å². The van der Waals surface area contributed by atoms with Crippen molar-refractivity contribution in [2.45, 2.75) is 64.8 Å². The topological polar surface area (TPSA) is 77.8 Å². The van der Waals surface area contributed by atoms with Gasteiger partial charge in [-0.05, 0) is 60.5 Å². The van der Waals surface area contributed by atoms with Crippen molar-refractivity contribution in [1.82, 2.24) is 0 Å². The standard InChI is InChI=1S/C20H30O4/c1-10-6-7-13-14(19(13,4)5)8-11(2)18(23)20(24)9-12(3)17(22)15(20)16(10)21/h8,12-17,21-22,24H,1,6-7,9H2,2-5H3/b11-8-/t12-,13-,14+,15-,16+,17-,20+/m0/s1. The van der Waals surface area contributed by atoms with E-state index in [0.717, 1.165) is 6.42 Å². The number of allylic oxidation sites excluding steroid dienone is 1. The lowest BCUT2D eigenvalue weighted by molar-refractivity contribution is -0.144. The third-order valence-corrected chi connectivity index (χ3v) is 6.99. The van der Waals surface area contributed by atoms with Crippen LogP contribution in [0.5, 0.6) is 0 Å². The highest BCUT2D eigenvalue weighted by Crippen LogP contribution is 2.62. The van der Waals surface area contributed by atoms with Crippen LogP contribution in [0, 0.1) is 29.1 Å². The minimum absolute atomic E-state index is 0.135. The van der Waals surface area contributed by atoms with Crippen LogP contribution in [0.1, 0.15) is 47.0 Å². The summed E-state index contributed by atoms with van der Waals surface area (Å²) in [4.78, 5) is 13.0. The lowest BCUT2D eigenvalue weighted by Gasteiger charge is -2.34. The normalized spacial score (nSPS) is 50.4. The van der Waals surface area contributed by atoms with E-state index in [1.165, 1.54) is 0 Å². The maximum Gasteiger partial charge on any atom is 0.190 e. The molecule has 3 aliphatic rings. The number of hydrogen-bond acceptors (Lipinski definition) is 4. The van der Waals surface area contributed by atoms with Crippen molar-refractivity contribution < 1.29 is 20.1 Å². The Morgan fingerprint density at radius 2 is 1.92 bits per heavy atom. The van der Waals surface area contributed by atoms with E-state index in [0.29, 0.717) is 29.4 Å². The first-order chi connectivity index (χ1) is 11.0. The van der Waals surface area contributed by atoms with Crippen LogP contribution in [0.25, 0.3) is 0 Å². The summed E-state index contributed by atoms with van der Waals surface area (Å²) in [5.41, 5.74) is -0.429. The first kappa shape index (κ1) is 17.8. The van der Waals surface area contributed by atoms with Crippen LogP contribution in [0.15, 0.2) is 23.8 Å². The Balaban J connectivity index is 2.04. The molecule has 134 valence electrons. The van der Waals surface area contributed by atoms with Gasteiger partial charge in [0.25, 0.3) is 0 Å². The molecule has 0 aromatic carbocycles. The van der Waals surface area contributed by atoms with Crippen molar-refractivity contribution in [1.29, 1.82) is 0 Å². The van der Waals surface area contributed by atoms with E-state index >= 15 is 0 Å². The maximum absolute atomic E-state index is 13.0. The SMILES string of the molecule is C=C1CC[C@H]2[C@@H](/C=C(/C)C(=O)[C@@]3(O)C[C@H](C)[C@H](O)[C@@H]3[C@@H]1O)C2(C)C. The van der Waals surface area contributed by atoms with Crippen LogP contribution < -0.4 is 0 Å². The largest absolute Gasteiger partial charge is 0.392 e. The minimum atomic E-state index is -1.72. The highest BCUT2D eigenvalue weighted by atomic mass is 16.3. The molecule has 4 nitrogen and oxygen atoms in total. The van der Waals surface area contributed by atoms with Crippen LogP contribution in [0.4, 0.5) is 0 Å². The summed E-state index contributed by atoms with van der Waals surface area (Å²) in [5.74, 6) is -0.729. The highest BCUT2D eigenvalue weighted by Gasteiger charge is 2.60. The quantitative estimate of drug-likeness (QED) is 0.594. The minimum Gasteiger partial charge on any atom is -0.392 e. The van der Waals surface area contributed by atoms with Crippen LogP contribution >= 0.6 is 0 Å². The zero-order valence-corrected chi connectivity index (χ0v) is 15.1. The molecule has 0 aromatic rings. The molecule has 0 heterocycles. The molecule has 0 aromatic heterocycles. The maximum atomic E-state index is 13.0. The van der Waals surface area contributed by atoms with Crippen molar-refractivity contribution in [2.24, 2.45) is 29.1 Å². The molecule has 0 bridgehead atoms. The van der Waals surface area contributed by atoms with Crippen molar-refractivity contribution in [2.75, 3.05) is 0 Å². The molecule has 4 heteroatoms. The summed E-state index contributed by atoms with van der Waals surface area (Å²) in [5, 5.41) is 32.4. The van der Waals surface area contributed by atoms with Gasteiger partial charge in [-0.15, -0.1) is 0 Å². The molecule has 3 N–H and O–H groups in total. The van der Waals surface area contributed by atoms with Gasteiger partial charge in [-0.3, -0.25) is 4.79 Å². The lowest BCUT2D eigenvalue weighted by atomic mass is 9.77. The average molecular weight is 334 g/mol. The summed E-state index contributed by atoms with van der Waals surface area (Å²) < 4.78 is 0. The third kappa shape index (κ3) is 2.42. The Morgan fingerprint density at radius 1 is 1.29 bits per heavy atom. The van der Waals surface area contributed by atoms with Crippen molar-refractivity contribution >= 4 is 5.78 Å². The molecule has 2 saturated carbocycles. The predicted octanol–water partition coefficient (Wildman–Crippen LogP) is 2.23. The first-order valence-corrected chi connectivity index (χ1v) is 9.01. The van der Waals surface area contributed by atoms with Gasteiger partial charge < -0.3 is 15.3 Å². The van der Waals surface area contributed by atoms with Crippen molar-refractivity contribution in [3.8, 4) is 0 Å². The van der Waals surface area contributed by atoms with E-state index in [1.807, 2.05) is 13.0 Å². The van der Waals surface area contributed by atoms with Gasteiger partial charge in [0.1, 0.15) is 5.60 Å². The summed E-state index contributed by atoms with van der Waals surface area (Å²) in [6.45, 7) is 11.9. The van der Waals surface area contributed by atoms with E-state index in [2.05, 4.69) is 20.4 Å². The molecule has 0 aliphatic heterocycles. The fraction of sp³-hybridized carbons (Fsp3) is 0.750. The molecule has 3 rings (SSSR count). The summed E-state index contributed by atoms with van der Waals surface area (Å²) in [7, 11) is 0. The second kappa shape index (κ2) is 5.52. The van der Waals surface area contributed by atoms with Crippen molar-refractivity contribution in [3.05, 3.63) is 23.8 Å². The van der Waals surface area contributed by atoms with Gasteiger partial charge in [-0.25, -0.2) is 0 Å². The Morgan fingerprint density at radius 3 is 2.54 bits per heavy atom. The van der Waals surface area contributed by atoms with Gasteiger partial charge in [0.15, 0.2) is 5.78 Å². The van der Waals surface area contributed by atoms with E-state index in [-0.39, 0.29) is 23.5 Å². The molecule has 0 amide bonds. The Labute approximate surface area is 144 Å². The molecule has 0 radical (unpaired) electrons. The van der Waals surface area contributed by atoms with Gasteiger partial charge in [0, 0.05) is 0 Å². The number of fused-ring (bicyclic) bond motifs is 2. The molecular weight excluding hydrogens is 304 g/mol. The summed E-state index contributed by atoms with van der Waals surface area (Å²) in [6, 6.07) is 0. The number of rotatable bonds is 0. The van der Waals surface area contributed by atoms with E-state index in [9.17, 15) is 20.1 Å². The zero-order chi connectivity index (χ0) is 18.0. The predicted molar refractivity (Wildman–Crippen MR) is 92.1 cm³/mol. The lowest BCUT2D eigenvalue weighted by Crippen LogP contribution is -2.50. The monoisotopic (exact) mass is 334 g/mol. The highest BCUT2D eigenvalue weighted by molar-refractivity contribution is 6.02. The van der Waals surface area contributed by atoms with Gasteiger partial charge in [-0.2, -0.15) is 0 Å². The van der Waals surface area contributed by atoms with Gasteiger partial charge >= 0.3 is 0 Å². The number of Topliss-reactive ketones (excluding diaryl/α,β-unsaturated/α-hetero) is 1. The molecule has 7 atom stereocenters. The van der Waals surface area contributed by atoms with Crippen LogP contribution in [0.2, 0.25) is 0 Å². The number of hydrogen-bond donors (Lipinski definition) is 3. The van der Waals surface area contributed by atoms with E-state index in [1.54, 1.807) is 6.92 Å². The fourth-order valence-electron chi connectivity index (χ4n) is 5.17. The van der Waals surface area contributed by atoms with Crippen LogP contribution in [-0.2, 0) is 4.79 Å². The summed E-state index contributed by atoms with van der Waals surface area (Å²) >= 11 is 0. The Kier molecular flexibility index (Phi) is 4.10. The van der Waals surface area contributed by atoms with Gasteiger partial charge in [0.2, 0.25) is 0 Å². The molecule has 3 aliphatic carbocycles. The van der Waals surface area contributed by atoms with Crippen molar-refractivity contribution in [3.63, 3.8) is 0 Å². The first-order valence-electron chi connectivity index (χ1n) is 9.01. The average Bonchev–Trinajstić information content (AvgIpc) is 2.91. The fourth-order valence-corrected chi connectivity index (χ4v) is 5.17. The second-order valence-corrected chi connectivity index (χ2v) is 8.90. The van der Waals surface area contributed by atoms with E-state index < -0.39 is 23.7 Å². The summed E-state index contributed by atoms with van der Waals surface area (Å²) in [6.07, 6.45) is 1.75. The number of carbonyl (C=O) groups excluding carboxylic acids is 1. The Bertz CT molecular complexity index is 605.